The zero-order valence-corrected chi connectivity index (χ0v) is 54.9. The highest BCUT2D eigenvalue weighted by Crippen LogP contribution is 2.52. The second-order valence-corrected chi connectivity index (χ2v) is 24.1. The average molecular weight is 1340 g/mol. The SMILES string of the molecule is CCc1c2c(nc3ccc(O)cc13)C1CC3C(COC(=O)C3(CC)OC(=O)OCC(NC(=O)COCC(=O)NCCOCCOCCOCCOCCOCCOCCOCCOCCn3cc(CNC(=O)C4CCC(CN5C(=O)C=CC5=O)CC4)nn3)C(C)C)C(=O)N1C2. The van der Waals surface area contributed by atoms with E-state index in [1.807, 2.05) is 20.8 Å². The molecule has 0 bridgehead atoms. The summed E-state index contributed by atoms with van der Waals surface area (Å²) in [6.07, 6.45) is 7.16. The standard InChI is InChI=1S/C65H93N9O21/c1-5-48-49-33-47(75)11-12-53(49)69-60-50(48)38-73-55(60)34-52-51(62(73)81)39-93-63(82)65(52,6-2)95-64(83)94-40-54(43(3)4)68-57(77)42-92-41-56(76)66-15-17-84-19-21-86-23-25-88-27-29-90-31-32-91-30-28-89-26-24-87-22-20-85-18-16-72-37-46(70-71-72)35-67-61(80)45-9-7-44(8-10-45)36-74-58(78)13-14-59(74)79/h11-14,33,37,43-45,51-52,54-55,75H,5-10,15-32,34-36,38-42H2,1-4H3,(H,66,76)(H,67,80)(H,68,77). The van der Waals surface area contributed by atoms with E-state index in [2.05, 4.69) is 26.3 Å². The number of phenolic OH excluding ortho intramolecular Hbond substituents is 1. The number of aromatic nitrogens is 4. The van der Waals surface area contributed by atoms with Crippen molar-refractivity contribution in [3.8, 4) is 5.75 Å². The van der Waals surface area contributed by atoms with Crippen molar-refractivity contribution in [3.63, 3.8) is 0 Å². The Morgan fingerprint density at radius 2 is 1.35 bits per heavy atom. The summed E-state index contributed by atoms with van der Waals surface area (Å²) in [4.78, 5) is 111. The average Bonchev–Trinajstić information content (AvgIpc) is 1.36. The Kier molecular flexibility index (Phi) is 29.3. The number of hydrogen-bond donors (Lipinski definition) is 4. The molecule has 6 heterocycles. The van der Waals surface area contributed by atoms with Gasteiger partial charge in [0.15, 0.2) is 0 Å². The van der Waals surface area contributed by atoms with Crippen LogP contribution in [0.4, 0.5) is 4.79 Å². The fraction of sp³-hybridized carbons (Fsp3) is 0.677. The first-order chi connectivity index (χ1) is 46.1. The van der Waals surface area contributed by atoms with Crippen molar-refractivity contribution in [1.29, 1.82) is 0 Å². The summed E-state index contributed by atoms with van der Waals surface area (Å²) >= 11 is 0. The van der Waals surface area contributed by atoms with Crippen LogP contribution < -0.4 is 16.0 Å². The van der Waals surface area contributed by atoms with Crippen LogP contribution in [0.15, 0.2) is 36.5 Å². The summed E-state index contributed by atoms with van der Waals surface area (Å²) in [5.41, 5.74) is 2.13. The van der Waals surface area contributed by atoms with Crippen LogP contribution in [0.5, 0.6) is 5.75 Å². The number of imide groups is 1. The lowest BCUT2D eigenvalue weighted by Gasteiger charge is -2.49. The number of hydrogen-bond acceptors (Lipinski definition) is 24. The first-order valence-electron chi connectivity index (χ1n) is 33.0. The topological polar surface area (TPSA) is 354 Å². The van der Waals surface area contributed by atoms with Gasteiger partial charge in [0.2, 0.25) is 29.2 Å². The molecule has 30 heteroatoms. The van der Waals surface area contributed by atoms with E-state index in [4.69, 9.17) is 61.8 Å². The lowest BCUT2D eigenvalue weighted by Crippen LogP contribution is -2.63. The van der Waals surface area contributed by atoms with Gasteiger partial charge in [0.25, 0.3) is 11.8 Å². The maximum atomic E-state index is 14.2. The number of aryl methyl sites for hydroxylation is 1. The smallest absolute Gasteiger partial charge is 0.508 e. The third-order valence-corrected chi connectivity index (χ3v) is 17.5. The van der Waals surface area contributed by atoms with E-state index in [0.29, 0.717) is 149 Å². The lowest BCUT2D eigenvalue weighted by molar-refractivity contribution is -0.206. The number of amides is 6. The van der Waals surface area contributed by atoms with Crippen molar-refractivity contribution in [2.24, 2.45) is 29.6 Å². The number of ether oxygens (including phenoxy) is 12. The number of carbonyl (C=O) groups excluding carboxylic acids is 8. The third kappa shape index (κ3) is 21.4. The zero-order valence-electron chi connectivity index (χ0n) is 54.9. The largest absolute Gasteiger partial charge is 0.509 e. The molecule has 1 aliphatic carbocycles. The molecule has 0 radical (unpaired) electrons. The summed E-state index contributed by atoms with van der Waals surface area (Å²) in [6, 6.07) is 3.83. The van der Waals surface area contributed by atoms with E-state index < -0.39 is 60.1 Å². The number of nitrogens with zero attached hydrogens (tertiary/aromatic N) is 6. The minimum atomic E-state index is -1.82. The van der Waals surface area contributed by atoms with Gasteiger partial charge in [-0.15, -0.1) is 5.10 Å². The van der Waals surface area contributed by atoms with Crippen LogP contribution in [0.3, 0.4) is 0 Å². The van der Waals surface area contributed by atoms with Crippen molar-refractivity contribution >= 4 is 58.5 Å². The number of benzene rings is 1. The summed E-state index contributed by atoms with van der Waals surface area (Å²) in [5.74, 6) is -4.05. The number of fused-ring (bicyclic) bond motifs is 5. The van der Waals surface area contributed by atoms with Crippen LogP contribution in [0.25, 0.3) is 10.9 Å². The van der Waals surface area contributed by atoms with E-state index in [9.17, 15) is 43.5 Å². The van der Waals surface area contributed by atoms with E-state index >= 15 is 0 Å². The van der Waals surface area contributed by atoms with Crippen LogP contribution in [0.2, 0.25) is 0 Å². The summed E-state index contributed by atoms with van der Waals surface area (Å²) < 4.78 is 68.4. The van der Waals surface area contributed by atoms with Crippen molar-refractivity contribution in [1.82, 2.24) is 45.7 Å². The van der Waals surface area contributed by atoms with Gasteiger partial charge in [-0.25, -0.2) is 14.3 Å². The second kappa shape index (κ2) is 37.9. The van der Waals surface area contributed by atoms with Gasteiger partial charge in [0, 0.05) is 49.0 Å². The Morgan fingerprint density at radius 3 is 1.95 bits per heavy atom. The van der Waals surface area contributed by atoms with Crippen molar-refractivity contribution < 1.29 is 100 Å². The van der Waals surface area contributed by atoms with Crippen LogP contribution in [0, 0.1) is 29.6 Å². The van der Waals surface area contributed by atoms with Crippen LogP contribution in [-0.2, 0) is 116 Å². The molecule has 30 nitrogen and oxygen atoms in total. The molecule has 1 saturated carbocycles. The highest BCUT2D eigenvalue weighted by Gasteiger charge is 2.62. The van der Waals surface area contributed by atoms with Gasteiger partial charge in [0.05, 0.1) is 154 Å². The molecule has 0 spiro atoms. The number of cyclic esters (lactones) is 1. The maximum Gasteiger partial charge on any atom is 0.509 e. The molecule has 5 unspecified atom stereocenters. The van der Waals surface area contributed by atoms with Crippen LogP contribution in [0.1, 0.15) is 94.8 Å². The molecule has 5 atom stereocenters. The molecule has 4 aliphatic heterocycles. The minimum Gasteiger partial charge on any atom is -0.508 e. The van der Waals surface area contributed by atoms with E-state index in [-0.39, 0.29) is 99.5 Å². The zero-order chi connectivity index (χ0) is 67.5. The number of nitrogens with one attached hydrogen (secondary N) is 3. The molecule has 95 heavy (non-hydrogen) atoms. The molecule has 3 aromatic rings. The predicted molar refractivity (Wildman–Crippen MR) is 334 cm³/mol. The molecule has 524 valence electrons. The highest BCUT2D eigenvalue weighted by molar-refractivity contribution is 6.12. The molecule has 8 rings (SSSR count). The molecule has 3 fully saturated rings. The van der Waals surface area contributed by atoms with Gasteiger partial charge in [-0.05, 0) is 86.1 Å². The Bertz CT molecular complexity index is 3050. The summed E-state index contributed by atoms with van der Waals surface area (Å²) in [6.45, 7) is 14.0. The molecule has 1 aromatic carbocycles. The molecule has 2 aromatic heterocycles. The molecule has 4 N–H and O–H groups in total. The third-order valence-electron chi connectivity index (χ3n) is 17.5. The number of esters is 1. The minimum absolute atomic E-state index is 0.0148. The molecule has 5 aliphatic rings. The first-order valence-corrected chi connectivity index (χ1v) is 33.0. The highest BCUT2D eigenvalue weighted by atomic mass is 16.7. The maximum absolute atomic E-state index is 14.2. The number of phenols is 1. The summed E-state index contributed by atoms with van der Waals surface area (Å²) in [5, 5.41) is 27.7. The second-order valence-electron chi connectivity index (χ2n) is 24.1. The normalized spacial score (nSPS) is 21.0. The van der Waals surface area contributed by atoms with Gasteiger partial charge in [0.1, 0.15) is 37.9 Å². The van der Waals surface area contributed by atoms with E-state index in [1.165, 1.54) is 17.1 Å². The van der Waals surface area contributed by atoms with Gasteiger partial charge in [-0.1, -0.05) is 32.9 Å². The summed E-state index contributed by atoms with van der Waals surface area (Å²) in [7, 11) is 0. The number of carbonyl (C=O) groups is 8. The quantitative estimate of drug-likeness (QED) is 0.0359. The lowest BCUT2D eigenvalue weighted by atomic mass is 9.68. The van der Waals surface area contributed by atoms with Gasteiger partial charge in [-0.3, -0.25) is 38.7 Å². The Morgan fingerprint density at radius 1 is 0.747 bits per heavy atom. The fourth-order valence-electron chi connectivity index (χ4n) is 12.3. The number of pyridine rings is 1. The Hall–Kier alpha value is -7.29. The Labute approximate surface area is 552 Å². The number of piperidine rings is 1. The van der Waals surface area contributed by atoms with E-state index in [0.717, 1.165) is 35.0 Å². The first kappa shape index (κ1) is 73.5. The van der Waals surface area contributed by atoms with Gasteiger partial charge in [-0.2, -0.15) is 0 Å². The fourth-order valence-corrected chi connectivity index (χ4v) is 12.3. The molecular formula is C65H93N9O21. The number of rotatable bonds is 43. The van der Waals surface area contributed by atoms with E-state index in [1.54, 1.807) is 40.9 Å². The van der Waals surface area contributed by atoms with Crippen molar-refractivity contribution in [3.05, 3.63) is 59.1 Å². The Balaban J connectivity index is 0.550. The monoisotopic (exact) mass is 1340 g/mol. The molecule has 2 saturated heterocycles. The molecule has 6 amide bonds. The van der Waals surface area contributed by atoms with Gasteiger partial charge >= 0.3 is 12.1 Å². The number of aromatic hydroxyl groups is 1. The predicted octanol–water partition coefficient (Wildman–Crippen LogP) is 2.43. The molecular weight excluding hydrogens is 1240 g/mol. The van der Waals surface area contributed by atoms with Gasteiger partial charge < -0.3 is 82.8 Å². The van der Waals surface area contributed by atoms with Crippen molar-refractivity contribution in [2.75, 3.05) is 145 Å². The van der Waals surface area contributed by atoms with Crippen LogP contribution in [-0.4, -0.2) is 239 Å². The van der Waals surface area contributed by atoms with Crippen LogP contribution >= 0.6 is 0 Å². The van der Waals surface area contributed by atoms with Crippen molar-refractivity contribution in [2.45, 2.75) is 110 Å².